The molecule has 2 nitrogen and oxygen atoms in total. The Balaban J connectivity index is 0.00000192. The van der Waals surface area contributed by atoms with Gasteiger partial charge in [-0.05, 0) is 66.7 Å². The van der Waals surface area contributed by atoms with Crippen molar-refractivity contribution in [2.75, 3.05) is 7.11 Å². The molecule has 1 fully saturated rings. The van der Waals surface area contributed by atoms with Crippen LogP contribution >= 0.6 is 9.47 Å². The summed E-state index contributed by atoms with van der Waals surface area (Å²) in [5.41, 5.74) is 4.55. The summed E-state index contributed by atoms with van der Waals surface area (Å²) in [4.78, 5) is 0. The maximum Gasteiger partial charge on any atom is 0.164 e. The van der Waals surface area contributed by atoms with Crippen LogP contribution in [-0.4, -0.2) is 7.11 Å². The van der Waals surface area contributed by atoms with Gasteiger partial charge in [-0.1, -0.05) is 12.5 Å². The Kier molecular flexibility index (Phi) is 7.14. The van der Waals surface area contributed by atoms with Crippen molar-refractivity contribution in [2.45, 2.75) is 44.9 Å². The zero-order chi connectivity index (χ0) is 15.7. The molecule has 0 heterocycles. The molecule has 0 spiro atoms. The Bertz CT molecular complexity index is 585. The van der Waals surface area contributed by atoms with E-state index in [1.54, 1.807) is 12.7 Å². The van der Waals surface area contributed by atoms with Crippen LogP contribution in [0.1, 0.15) is 49.7 Å². The van der Waals surface area contributed by atoms with Crippen molar-refractivity contribution >= 4 is 9.47 Å². The van der Waals surface area contributed by atoms with E-state index in [1.807, 2.05) is 0 Å². The van der Waals surface area contributed by atoms with Gasteiger partial charge in [0.1, 0.15) is 0 Å². The number of allylic oxidation sites excluding steroid dienone is 2. The van der Waals surface area contributed by atoms with Gasteiger partial charge in [-0.25, -0.2) is 0 Å². The number of methoxy groups -OCH3 is 1. The number of hydrogen-bond donors (Lipinski definition) is 0. The standard InChI is InChI=1S/C19H26O2P.Y/c1-4-5-14-12(2)6-8-16-15(14)9-7-13-10-19(21-22)18(20-3)11-17(13)16;/h5,10-12,15-16H,1,4,6-9,22H2,2-3H3;/q-1;/b14-5+;. The summed E-state index contributed by atoms with van der Waals surface area (Å²) in [7, 11) is 4.04. The largest absolute Gasteiger partial charge is 0.493 e. The molecule has 0 aromatic heterocycles. The van der Waals surface area contributed by atoms with Crippen molar-refractivity contribution in [3.8, 4) is 11.5 Å². The van der Waals surface area contributed by atoms with Crippen LogP contribution < -0.4 is 9.26 Å². The van der Waals surface area contributed by atoms with Crippen LogP contribution in [0.2, 0.25) is 0 Å². The van der Waals surface area contributed by atoms with Gasteiger partial charge < -0.3 is 16.2 Å². The zero-order valence-electron chi connectivity index (χ0n) is 14.2. The van der Waals surface area contributed by atoms with Crippen molar-refractivity contribution in [1.29, 1.82) is 0 Å². The molecule has 0 amide bonds. The van der Waals surface area contributed by atoms with Gasteiger partial charge in [0.05, 0.1) is 16.6 Å². The molecule has 2 aliphatic carbocycles. The topological polar surface area (TPSA) is 18.5 Å². The minimum atomic E-state index is 0. The fourth-order valence-corrected chi connectivity index (χ4v) is 4.58. The van der Waals surface area contributed by atoms with Crippen LogP contribution in [0, 0.1) is 18.8 Å². The normalized spacial score (nSPS) is 27.7. The van der Waals surface area contributed by atoms with Crippen molar-refractivity contribution in [3.05, 3.63) is 41.8 Å². The molecule has 23 heavy (non-hydrogen) atoms. The number of benzene rings is 1. The van der Waals surface area contributed by atoms with E-state index in [0.717, 1.165) is 24.3 Å². The first-order valence-electron chi connectivity index (χ1n) is 8.26. The summed E-state index contributed by atoms with van der Waals surface area (Å²) in [5, 5.41) is 0. The van der Waals surface area contributed by atoms with Gasteiger partial charge in [-0.3, -0.25) is 0 Å². The minimum absolute atomic E-state index is 0. The van der Waals surface area contributed by atoms with E-state index in [9.17, 15) is 0 Å². The number of hydrogen-bond acceptors (Lipinski definition) is 2. The number of ether oxygens (including phenoxy) is 1. The Morgan fingerprint density at radius 1 is 1.22 bits per heavy atom. The van der Waals surface area contributed by atoms with Crippen LogP contribution in [0.3, 0.4) is 0 Å². The summed E-state index contributed by atoms with van der Waals surface area (Å²) < 4.78 is 10.9. The van der Waals surface area contributed by atoms with Crippen LogP contribution in [0.25, 0.3) is 0 Å². The van der Waals surface area contributed by atoms with Crippen molar-refractivity contribution in [2.24, 2.45) is 11.8 Å². The van der Waals surface area contributed by atoms with E-state index in [2.05, 4.69) is 41.5 Å². The first-order valence-corrected chi connectivity index (χ1v) is 8.73. The summed E-state index contributed by atoms with van der Waals surface area (Å²) >= 11 is 0. The van der Waals surface area contributed by atoms with Crippen molar-refractivity contribution < 1.29 is 42.0 Å². The van der Waals surface area contributed by atoms with Gasteiger partial charge in [-0.2, -0.15) is 6.42 Å². The molecule has 0 saturated heterocycles. The Morgan fingerprint density at radius 3 is 2.65 bits per heavy atom. The molecular formula is C19H26O2PY-. The van der Waals surface area contributed by atoms with E-state index in [-0.39, 0.29) is 32.7 Å². The fourth-order valence-electron chi connectivity index (χ4n) is 4.40. The first-order chi connectivity index (χ1) is 10.7. The van der Waals surface area contributed by atoms with Gasteiger partial charge in [0, 0.05) is 32.7 Å². The number of rotatable bonds is 3. The molecule has 123 valence electrons. The monoisotopic (exact) mass is 406 g/mol. The van der Waals surface area contributed by atoms with Crippen molar-refractivity contribution in [1.82, 2.24) is 0 Å². The molecule has 1 aromatic carbocycles. The quantitative estimate of drug-likeness (QED) is 0.396. The molecular weight excluding hydrogens is 380 g/mol. The predicted molar refractivity (Wildman–Crippen MR) is 94.3 cm³/mol. The van der Waals surface area contributed by atoms with E-state index >= 15 is 0 Å². The summed E-state index contributed by atoms with van der Waals surface area (Å²) in [6, 6.07) is 4.38. The van der Waals surface area contributed by atoms with Gasteiger partial charge in [-0.15, -0.1) is 6.08 Å². The van der Waals surface area contributed by atoms with Gasteiger partial charge in [0.25, 0.3) is 0 Å². The average Bonchev–Trinajstić information content (AvgIpc) is 2.55. The van der Waals surface area contributed by atoms with E-state index in [1.165, 1.54) is 30.4 Å². The Labute approximate surface area is 168 Å². The molecule has 4 atom stereocenters. The predicted octanol–water partition coefficient (Wildman–Crippen LogP) is 5.09. The number of fused-ring (bicyclic) bond motifs is 3. The van der Waals surface area contributed by atoms with Crippen LogP contribution in [0.5, 0.6) is 11.5 Å². The third-order valence-corrected chi connectivity index (χ3v) is 5.70. The van der Waals surface area contributed by atoms with Gasteiger partial charge >= 0.3 is 0 Å². The summed E-state index contributed by atoms with van der Waals surface area (Å²) in [6.07, 6.45) is 8.20. The zero-order valence-corrected chi connectivity index (χ0v) is 18.2. The first kappa shape index (κ1) is 19.4. The molecule has 4 unspecified atom stereocenters. The van der Waals surface area contributed by atoms with Crippen LogP contribution in [0.4, 0.5) is 0 Å². The van der Waals surface area contributed by atoms with Crippen molar-refractivity contribution in [3.63, 3.8) is 0 Å². The van der Waals surface area contributed by atoms with Crippen LogP contribution in [-0.2, 0) is 39.1 Å². The molecule has 0 bridgehead atoms. The molecule has 3 rings (SSSR count). The van der Waals surface area contributed by atoms with Crippen LogP contribution in [0.15, 0.2) is 23.8 Å². The maximum atomic E-state index is 5.51. The molecule has 2 aliphatic rings. The third kappa shape index (κ3) is 3.70. The summed E-state index contributed by atoms with van der Waals surface area (Å²) in [6.45, 7) is 6.41. The second kappa shape index (κ2) is 8.46. The minimum Gasteiger partial charge on any atom is -0.493 e. The number of aryl methyl sites for hydroxylation is 1. The average molecular weight is 406 g/mol. The maximum absolute atomic E-state index is 5.51. The molecule has 0 N–H and O–H groups in total. The molecule has 1 radical (unpaired) electrons. The Morgan fingerprint density at radius 2 is 2.00 bits per heavy atom. The van der Waals surface area contributed by atoms with E-state index in [4.69, 9.17) is 9.26 Å². The second-order valence-electron chi connectivity index (χ2n) is 6.54. The SMILES string of the molecule is [CH2-]C/C=C1\C(C)CCC2c3cc(OC)c(OP)cc3CCC12.[Y]. The second-order valence-corrected chi connectivity index (χ2v) is 6.78. The summed E-state index contributed by atoms with van der Waals surface area (Å²) in [5.74, 6) is 3.69. The van der Waals surface area contributed by atoms with E-state index < -0.39 is 0 Å². The third-order valence-electron chi connectivity index (χ3n) is 5.45. The van der Waals surface area contributed by atoms with Gasteiger partial charge in [0.15, 0.2) is 11.5 Å². The molecule has 1 aromatic rings. The molecule has 0 aliphatic heterocycles. The van der Waals surface area contributed by atoms with E-state index in [0.29, 0.717) is 17.8 Å². The smallest absolute Gasteiger partial charge is 0.164 e. The molecule has 4 heteroatoms. The molecule has 1 saturated carbocycles. The van der Waals surface area contributed by atoms with Gasteiger partial charge in [0.2, 0.25) is 0 Å². The fraction of sp³-hybridized carbons (Fsp3) is 0.526. The Hall–Kier alpha value is 0.0939.